The molecule has 0 saturated carbocycles. The first-order valence-corrected chi connectivity index (χ1v) is 10.7. The second-order valence-corrected chi connectivity index (χ2v) is 7.46. The number of nitrogens with one attached hydrogen (secondary N) is 1. The standard InChI is InChI=1S/C23H22N4O4S/c1-3-21-26-27-23(32-21)25-22(28)17(15-24)13-16-9-10-19(20(14-16)29-2)31-12-11-30-18-7-5-4-6-8-18/h4-10,13-14H,3,11-12H2,1-2H3,(H,25,27,28)/b17-13-. The van der Waals surface area contributed by atoms with E-state index in [0.717, 1.165) is 17.2 Å². The summed E-state index contributed by atoms with van der Waals surface area (Å²) in [5, 5.41) is 21.0. The van der Waals surface area contributed by atoms with Gasteiger partial charge in [0.2, 0.25) is 5.13 Å². The summed E-state index contributed by atoms with van der Waals surface area (Å²) in [6, 6.07) is 16.5. The molecular weight excluding hydrogens is 428 g/mol. The molecule has 0 unspecified atom stereocenters. The van der Waals surface area contributed by atoms with Gasteiger partial charge in [0.05, 0.1) is 7.11 Å². The van der Waals surface area contributed by atoms with E-state index < -0.39 is 5.91 Å². The van der Waals surface area contributed by atoms with Crippen LogP contribution in [-0.4, -0.2) is 36.4 Å². The van der Waals surface area contributed by atoms with Gasteiger partial charge in [-0.1, -0.05) is 42.5 Å². The van der Waals surface area contributed by atoms with Crippen molar-refractivity contribution >= 4 is 28.5 Å². The van der Waals surface area contributed by atoms with Crippen LogP contribution in [0.15, 0.2) is 54.1 Å². The summed E-state index contributed by atoms with van der Waals surface area (Å²) in [7, 11) is 1.52. The number of methoxy groups -OCH3 is 1. The summed E-state index contributed by atoms with van der Waals surface area (Å²) >= 11 is 1.27. The number of ether oxygens (including phenoxy) is 3. The monoisotopic (exact) mass is 450 g/mol. The molecule has 3 rings (SSSR count). The molecule has 0 fully saturated rings. The van der Waals surface area contributed by atoms with Gasteiger partial charge in [-0.05, 0) is 42.3 Å². The molecule has 0 aliphatic carbocycles. The topological polar surface area (TPSA) is 106 Å². The molecule has 1 N–H and O–H groups in total. The van der Waals surface area contributed by atoms with Crippen LogP contribution in [0.5, 0.6) is 17.2 Å². The number of hydrogen-bond acceptors (Lipinski definition) is 8. The number of hydrogen-bond donors (Lipinski definition) is 1. The van der Waals surface area contributed by atoms with Crippen LogP contribution >= 0.6 is 11.3 Å². The summed E-state index contributed by atoms with van der Waals surface area (Å²) in [4.78, 5) is 12.4. The van der Waals surface area contributed by atoms with Gasteiger partial charge in [-0.25, -0.2) is 0 Å². The Morgan fingerprint density at radius 2 is 1.91 bits per heavy atom. The van der Waals surface area contributed by atoms with Crippen molar-refractivity contribution in [2.24, 2.45) is 0 Å². The van der Waals surface area contributed by atoms with Gasteiger partial charge in [0.15, 0.2) is 11.5 Å². The Kier molecular flexibility index (Phi) is 8.17. The van der Waals surface area contributed by atoms with Gasteiger partial charge in [0, 0.05) is 0 Å². The Morgan fingerprint density at radius 3 is 2.59 bits per heavy atom. The molecule has 0 aliphatic heterocycles. The molecular formula is C23H22N4O4S. The van der Waals surface area contributed by atoms with Crippen molar-refractivity contribution in [3.05, 3.63) is 64.7 Å². The van der Waals surface area contributed by atoms with E-state index >= 15 is 0 Å². The lowest BCUT2D eigenvalue weighted by Crippen LogP contribution is -2.13. The lowest BCUT2D eigenvalue weighted by molar-refractivity contribution is -0.112. The van der Waals surface area contributed by atoms with Crippen molar-refractivity contribution < 1.29 is 19.0 Å². The van der Waals surface area contributed by atoms with E-state index in [1.54, 1.807) is 18.2 Å². The Labute approximate surface area is 190 Å². The van der Waals surface area contributed by atoms with Crippen LogP contribution in [0.3, 0.4) is 0 Å². The maximum atomic E-state index is 12.4. The highest BCUT2D eigenvalue weighted by atomic mass is 32.1. The van der Waals surface area contributed by atoms with E-state index in [9.17, 15) is 10.1 Å². The third-order valence-corrected chi connectivity index (χ3v) is 5.19. The third-order valence-electron chi connectivity index (χ3n) is 4.21. The highest BCUT2D eigenvalue weighted by molar-refractivity contribution is 7.15. The molecule has 2 aromatic carbocycles. The van der Waals surface area contributed by atoms with Gasteiger partial charge in [-0.2, -0.15) is 5.26 Å². The van der Waals surface area contributed by atoms with Gasteiger partial charge in [-0.3, -0.25) is 10.1 Å². The number of carbonyl (C=O) groups is 1. The Bertz CT molecular complexity index is 1120. The van der Waals surface area contributed by atoms with E-state index in [0.29, 0.717) is 35.4 Å². The highest BCUT2D eigenvalue weighted by Crippen LogP contribution is 2.29. The normalized spacial score (nSPS) is 10.8. The maximum absolute atomic E-state index is 12.4. The van der Waals surface area contributed by atoms with Crippen molar-refractivity contribution in [3.8, 4) is 23.3 Å². The fourth-order valence-electron chi connectivity index (χ4n) is 2.65. The summed E-state index contributed by atoms with van der Waals surface area (Å²) in [6.07, 6.45) is 2.20. The smallest absolute Gasteiger partial charge is 0.268 e. The molecule has 1 aromatic heterocycles. The van der Waals surface area contributed by atoms with E-state index in [1.807, 2.05) is 43.3 Å². The minimum absolute atomic E-state index is 0.0646. The van der Waals surface area contributed by atoms with Gasteiger partial charge < -0.3 is 14.2 Å². The molecule has 1 amide bonds. The van der Waals surface area contributed by atoms with E-state index in [1.165, 1.54) is 24.5 Å². The lowest BCUT2D eigenvalue weighted by atomic mass is 10.1. The van der Waals surface area contributed by atoms with Crippen molar-refractivity contribution in [1.29, 1.82) is 5.26 Å². The molecule has 0 atom stereocenters. The van der Waals surface area contributed by atoms with Gasteiger partial charge in [0.25, 0.3) is 5.91 Å². The zero-order chi connectivity index (χ0) is 22.8. The number of benzene rings is 2. The van der Waals surface area contributed by atoms with Crippen molar-refractivity contribution in [3.63, 3.8) is 0 Å². The number of rotatable bonds is 10. The first-order valence-electron chi connectivity index (χ1n) is 9.87. The minimum atomic E-state index is -0.552. The zero-order valence-corrected chi connectivity index (χ0v) is 18.5. The predicted octanol–water partition coefficient (Wildman–Crippen LogP) is 4.11. The Hall–Kier alpha value is -3.90. The van der Waals surface area contributed by atoms with Gasteiger partial charge in [-0.15, -0.1) is 10.2 Å². The van der Waals surface area contributed by atoms with Crippen LogP contribution < -0.4 is 19.5 Å². The van der Waals surface area contributed by atoms with Crippen LogP contribution in [0.4, 0.5) is 5.13 Å². The summed E-state index contributed by atoms with van der Waals surface area (Å²) in [6.45, 7) is 2.65. The molecule has 3 aromatic rings. The Morgan fingerprint density at radius 1 is 1.12 bits per heavy atom. The maximum Gasteiger partial charge on any atom is 0.268 e. The average molecular weight is 451 g/mol. The number of anilines is 1. The summed E-state index contributed by atoms with van der Waals surface area (Å²) in [5.41, 5.74) is 0.554. The fraction of sp³-hybridized carbons (Fsp3) is 0.217. The molecule has 9 heteroatoms. The number of para-hydroxylation sites is 1. The molecule has 32 heavy (non-hydrogen) atoms. The molecule has 0 saturated heterocycles. The lowest BCUT2D eigenvalue weighted by Gasteiger charge is -2.12. The van der Waals surface area contributed by atoms with Crippen molar-refractivity contribution in [2.45, 2.75) is 13.3 Å². The second-order valence-electron chi connectivity index (χ2n) is 6.40. The zero-order valence-electron chi connectivity index (χ0n) is 17.7. The first kappa shape index (κ1) is 22.8. The number of nitriles is 1. The van der Waals surface area contributed by atoms with Crippen LogP contribution in [0, 0.1) is 11.3 Å². The molecule has 0 radical (unpaired) electrons. The molecule has 8 nitrogen and oxygen atoms in total. The van der Waals surface area contributed by atoms with Crippen LogP contribution in [-0.2, 0) is 11.2 Å². The second kappa shape index (κ2) is 11.5. The highest BCUT2D eigenvalue weighted by Gasteiger charge is 2.13. The van der Waals surface area contributed by atoms with E-state index in [4.69, 9.17) is 14.2 Å². The third kappa shape index (κ3) is 6.30. The summed E-state index contributed by atoms with van der Waals surface area (Å²) in [5.74, 6) is 1.23. The first-order chi connectivity index (χ1) is 15.6. The molecule has 1 heterocycles. The number of nitrogens with zero attached hydrogens (tertiary/aromatic N) is 3. The predicted molar refractivity (Wildman–Crippen MR) is 122 cm³/mol. The summed E-state index contributed by atoms with van der Waals surface area (Å²) < 4.78 is 16.8. The molecule has 0 spiro atoms. The SMILES string of the molecule is CCc1nnc(NC(=O)/C(C#N)=C\c2ccc(OCCOc3ccccc3)c(OC)c2)s1. The van der Waals surface area contributed by atoms with Gasteiger partial charge in [0.1, 0.15) is 35.6 Å². The number of aromatic nitrogens is 2. The molecule has 0 bridgehead atoms. The van der Waals surface area contributed by atoms with E-state index in [2.05, 4.69) is 15.5 Å². The fourth-order valence-corrected chi connectivity index (χ4v) is 3.32. The van der Waals surface area contributed by atoms with E-state index in [-0.39, 0.29) is 5.57 Å². The van der Waals surface area contributed by atoms with Crippen molar-refractivity contribution in [1.82, 2.24) is 10.2 Å². The van der Waals surface area contributed by atoms with Crippen LogP contribution in [0.1, 0.15) is 17.5 Å². The van der Waals surface area contributed by atoms with Crippen LogP contribution in [0.2, 0.25) is 0 Å². The average Bonchev–Trinajstić information content (AvgIpc) is 3.28. The minimum Gasteiger partial charge on any atom is -0.493 e. The van der Waals surface area contributed by atoms with Gasteiger partial charge >= 0.3 is 0 Å². The Balaban J connectivity index is 1.63. The number of aryl methyl sites for hydroxylation is 1. The largest absolute Gasteiger partial charge is 0.493 e. The van der Waals surface area contributed by atoms with Crippen molar-refractivity contribution in [2.75, 3.05) is 25.6 Å². The number of amides is 1. The van der Waals surface area contributed by atoms with Crippen LogP contribution in [0.25, 0.3) is 6.08 Å². The molecule has 164 valence electrons. The number of carbonyl (C=O) groups excluding carboxylic acids is 1. The molecule has 0 aliphatic rings. The quantitative estimate of drug-likeness (QED) is 0.281.